The molecule has 2 heterocycles. The molecule has 1 aliphatic carbocycles. The third-order valence-corrected chi connectivity index (χ3v) is 6.69. The Kier molecular flexibility index (Phi) is 7.69. The Labute approximate surface area is 195 Å². The molecule has 2 N–H and O–H groups in total. The predicted octanol–water partition coefficient (Wildman–Crippen LogP) is 2.28. The Balaban J connectivity index is 1.44. The van der Waals surface area contributed by atoms with Crippen LogP contribution in [-0.2, 0) is 9.53 Å². The molecule has 3 fully saturated rings. The molecule has 4 amide bonds. The smallest absolute Gasteiger partial charge is 0.317 e. The maximum atomic E-state index is 13.4. The van der Waals surface area contributed by atoms with E-state index in [1.807, 2.05) is 17.0 Å². The Morgan fingerprint density at radius 3 is 2.27 bits per heavy atom. The van der Waals surface area contributed by atoms with Gasteiger partial charge in [0.25, 0.3) is 5.91 Å². The Morgan fingerprint density at radius 1 is 0.909 bits per heavy atom. The number of hydrogen-bond donors (Lipinski definition) is 2. The first-order valence-corrected chi connectivity index (χ1v) is 12.1. The zero-order valence-corrected chi connectivity index (χ0v) is 19.5. The zero-order chi connectivity index (χ0) is 23.2. The van der Waals surface area contributed by atoms with E-state index >= 15 is 0 Å². The lowest BCUT2D eigenvalue weighted by atomic mass is 9.96. The van der Waals surface area contributed by atoms with Gasteiger partial charge in [-0.15, -0.1) is 0 Å². The minimum Gasteiger partial charge on any atom is -0.378 e. The predicted molar refractivity (Wildman–Crippen MR) is 127 cm³/mol. The van der Waals surface area contributed by atoms with Crippen molar-refractivity contribution in [3.05, 3.63) is 23.8 Å². The molecule has 1 saturated carbocycles. The van der Waals surface area contributed by atoms with Crippen molar-refractivity contribution >= 4 is 29.2 Å². The van der Waals surface area contributed by atoms with E-state index in [0.29, 0.717) is 69.8 Å². The zero-order valence-electron chi connectivity index (χ0n) is 19.5. The molecule has 9 heteroatoms. The minimum absolute atomic E-state index is 0.0205. The van der Waals surface area contributed by atoms with Gasteiger partial charge in [-0.2, -0.15) is 0 Å². The lowest BCUT2D eigenvalue weighted by molar-refractivity contribution is -0.114. The van der Waals surface area contributed by atoms with Gasteiger partial charge in [0.2, 0.25) is 5.91 Å². The van der Waals surface area contributed by atoms with E-state index in [0.717, 1.165) is 18.5 Å². The molecule has 2 saturated heterocycles. The van der Waals surface area contributed by atoms with E-state index in [1.165, 1.54) is 26.2 Å². The lowest BCUT2D eigenvalue weighted by Gasteiger charge is -2.38. The van der Waals surface area contributed by atoms with Crippen molar-refractivity contribution in [1.29, 1.82) is 0 Å². The fourth-order valence-electron chi connectivity index (χ4n) is 4.86. The molecule has 1 aromatic rings. The highest BCUT2D eigenvalue weighted by atomic mass is 16.5. The number of morpholine rings is 1. The highest BCUT2D eigenvalue weighted by Crippen LogP contribution is 2.27. The molecule has 180 valence electrons. The molecule has 1 aromatic carbocycles. The van der Waals surface area contributed by atoms with E-state index in [4.69, 9.17) is 4.74 Å². The average molecular weight is 458 g/mol. The summed E-state index contributed by atoms with van der Waals surface area (Å²) in [4.78, 5) is 43.5. The van der Waals surface area contributed by atoms with Crippen LogP contribution in [0.1, 0.15) is 49.4 Å². The number of nitrogens with zero attached hydrogens (tertiary/aromatic N) is 3. The number of rotatable bonds is 4. The molecule has 0 bridgehead atoms. The molecule has 0 atom stereocenters. The molecular weight excluding hydrogens is 422 g/mol. The quantitative estimate of drug-likeness (QED) is 0.724. The van der Waals surface area contributed by atoms with Crippen LogP contribution in [0.2, 0.25) is 0 Å². The Hall–Kier alpha value is -2.81. The molecule has 4 rings (SSSR count). The van der Waals surface area contributed by atoms with Gasteiger partial charge in [0.05, 0.1) is 18.8 Å². The van der Waals surface area contributed by atoms with E-state index in [-0.39, 0.29) is 17.8 Å². The number of piperazine rings is 1. The molecule has 0 spiro atoms. The van der Waals surface area contributed by atoms with Crippen LogP contribution in [0, 0.1) is 0 Å². The molecule has 0 radical (unpaired) electrons. The van der Waals surface area contributed by atoms with Gasteiger partial charge >= 0.3 is 6.03 Å². The second-order valence-corrected chi connectivity index (χ2v) is 9.08. The Morgan fingerprint density at radius 2 is 1.61 bits per heavy atom. The topological polar surface area (TPSA) is 94.2 Å². The van der Waals surface area contributed by atoms with Gasteiger partial charge in [0.15, 0.2) is 0 Å². The number of amides is 4. The van der Waals surface area contributed by atoms with E-state index < -0.39 is 0 Å². The van der Waals surface area contributed by atoms with Gasteiger partial charge in [0.1, 0.15) is 0 Å². The van der Waals surface area contributed by atoms with Gasteiger partial charge in [0, 0.05) is 63.6 Å². The summed E-state index contributed by atoms with van der Waals surface area (Å²) in [6.45, 7) is 6.14. The molecule has 3 aliphatic rings. The van der Waals surface area contributed by atoms with E-state index in [2.05, 4.69) is 15.5 Å². The summed E-state index contributed by atoms with van der Waals surface area (Å²) in [7, 11) is 0. The molecule has 0 unspecified atom stereocenters. The second-order valence-electron chi connectivity index (χ2n) is 9.08. The van der Waals surface area contributed by atoms with Crippen molar-refractivity contribution in [2.75, 3.05) is 62.7 Å². The number of benzene rings is 1. The van der Waals surface area contributed by atoms with Crippen LogP contribution in [0.25, 0.3) is 0 Å². The summed E-state index contributed by atoms with van der Waals surface area (Å²) in [6, 6.07) is 5.80. The second kappa shape index (κ2) is 10.9. The summed E-state index contributed by atoms with van der Waals surface area (Å²) in [6.07, 6.45) is 5.77. The van der Waals surface area contributed by atoms with Gasteiger partial charge < -0.3 is 30.1 Å². The van der Waals surface area contributed by atoms with Crippen LogP contribution < -0.4 is 15.5 Å². The van der Waals surface area contributed by atoms with Crippen LogP contribution in [0.4, 0.5) is 16.2 Å². The monoisotopic (exact) mass is 457 g/mol. The number of anilines is 2. The number of carbonyl (C=O) groups is 3. The Bertz CT molecular complexity index is 856. The number of ether oxygens (including phenoxy) is 1. The number of carbonyl (C=O) groups excluding carboxylic acids is 3. The average Bonchev–Trinajstić information content (AvgIpc) is 2.84. The maximum Gasteiger partial charge on any atom is 0.317 e. The van der Waals surface area contributed by atoms with Gasteiger partial charge in [-0.05, 0) is 31.0 Å². The van der Waals surface area contributed by atoms with Crippen LogP contribution in [0.15, 0.2) is 18.2 Å². The third-order valence-electron chi connectivity index (χ3n) is 6.69. The maximum absolute atomic E-state index is 13.4. The third kappa shape index (κ3) is 5.96. The van der Waals surface area contributed by atoms with Crippen molar-refractivity contribution in [2.45, 2.75) is 45.1 Å². The first kappa shape index (κ1) is 23.4. The highest BCUT2D eigenvalue weighted by Gasteiger charge is 2.28. The van der Waals surface area contributed by atoms with Crippen LogP contribution in [0.3, 0.4) is 0 Å². The fraction of sp³-hybridized carbons (Fsp3) is 0.625. The summed E-state index contributed by atoms with van der Waals surface area (Å²) in [5.41, 5.74) is 2.02. The standard InChI is InChI=1S/C24H35N5O4/c1-18(30)25-20-7-8-22(21(17-20)23(31)28-13-15-33-16-14-28)27-9-11-29(12-10-27)24(32)26-19-5-3-2-4-6-19/h7-8,17,19H,2-6,9-16H2,1H3,(H,25,30)(H,26,32). The molecule has 0 aromatic heterocycles. The molecule has 2 aliphatic heterocycles. The van der Waals surface area contributed by atoms with Crippen LogP contribution >= 0.6 is 0 Å². The van der Waals surface area contributed by atoms with Crippen molar-refractivity contribution in [1.82, 2.24) is 15.1 Å². The van der Waals surface area contributed by atoms with E-state index in [9.17, 15) is 14.4 Å². The first-order chi connectivity index (χ1) is 16.0. The first-order valence-electron chi connectivity index (χ1n) is 12.1. The number of nitrogens with one attached hydrogen (secondary N) is 2. The van der Waals surface area contributed by atoms with Crippen LogP contribution in [-0.4, -0.2) is 86.2 Å². The van der Waals surface area contributed by atoms with E-state index in [1.54, 1.807) is 11.0 Å². The summed E-state index contributed by atoms with van der Waals surface area (Å²) in [5.74, 6) is -0.233. The van der Waals surface area contributed by atoms with Crippen molar-refractivity contribution < 1.29 is 19.1 Å². The van der Waals surface area contributed by atoms with Gasteiger partial charge in [-0.25, -0.2) is 4.79 Å². The molecular formula is C24H35N5O4. The van der Waals surface area contributed by atoms with Crippen molar-refractivity contribution in [3.8, 4) is 0 Å². The molecule has 33 heavy (non-hydrogen) atoms. The van der Waals surface area contributed by atoms with Crippen LogP contribution in [0.5, 0.6) is 0 Å². The van der Waals surface area contributed by atoms with Crippen molar-refractivity contribution in [2.24, 2.45) is 0 Å². The van der Waals surface area contributed by atoms with Gasteiger partial charge in [-0.1, -0.05) is 19.3 Å². The highest BCUT2D eigenvalue weighted by molar-refractivity contribution is 6.02. The largest absolute Gasteiger partial charge is 0.378 e. The number of urea groups is 1. The molecule has 9 nitrogen and oxygen atoms in total. The normalized spacial score (nSPS) is 19.8. The number of hydrogen-bond acceptors (Lipinski definition) is 5. The summed E-state index contributed by atoms with van der Waals surface area (Å²) in [5, 5.41) is 5.98. The fourth-order valence-corrected chi connectivity index (χ4v) is 4.86. The summed E-state index contributed by atoms with van der Waals surface area (Å²) < 4.78 is 5.39. The van der Waals surface area contributed by atoms with Gasteiger partial charge in [-0.3, -0.25) is 9.59 Å². The summed E-state index contributed by atoms with van der Waals surface area (Å²) >= 11 is 0. The lowest BCUT2D eigenvalue weighted by Crippen LogP contribution is -2.54. The van der Waals surface area contributed by atoms with Crippen molar-refractivity contribution in [3.63, 3.8) is 0 Å². The SMILES string of the molecule is CC(=O)Nc1ccc(N2CCN(C(=O)NC3CCCCC3)CC2)c(C(=O)N2CCOCC2)c1. The minimum atomic E-state index is -0.176.